The molecule has 1 saturated carbocycles. The molecule has 0 spiro atoms. The predicted molar refractivity (Wildman–Crippen MR) is 97.1 cm³/mol. The van der Waals surface area contributed by atoms with Crippen LogP contribution in [0.2, 0.25) is 0 Å². The molecule has 1 fully saturated rings. The Kier molecular flexibility index (Phi) is 7.17. The molecule has 0 N–H and O–H groups in total. The molecule has 0 radical (unpaired) electrons. The van der Waals surface area contributed by atoms with Gasteiger partial charge >= 0.3 is 0 Å². The third kappa shape index (κ3) is 4.44. The number of hydrogen-bond acceptors (Lipinski definition) is 2. The number of anilines is 1. The Morgan fingerprint density at radius 1 is 1.29 bits per heavy atom. The Bertz CT molecular complexity index is 506. The van der Waals surface area contributed by atoms with E-state index in [1.807, 2.05) is 37.2 Å². The average molecular weight is 441 g/mol. The summed E-state index contributed by atoms with van der Waals surface area (Å²) in [5.74, 6) is 0.464. The summed E-state index contributed by atoms with van der Waals surface area (Å²) >= 11 is 7.00. The number of amides is 1. The molecule has 1 aromatic rings. The smallest absolute Gasteiger partial charge is 0.231 e. The Morgan fingerprint density at radius 2 is 1.90 bits per heavy atom. The molecule has 0 aromatic heterocycles. The lowest BCUT2D eigenvalue weighted by atomic mass is 10.2. The molecular formula is C15H21Br2ClN2O. The second-order valence-corrected chi connectivity index (χ2v) is 7.14. The van der Waals surface area contributed by atoms with Gasteiger partial charge in [0.15, 0.2) is 0 Å². The van der Waals surface area contributed by atoms with Crippen LogP contribution in [0.25, 0.3) is 0 Å². The van der Waals surface area contributed by atoms with E-state index in [4.69, 9.17) is 0 Å². The van der Waals surface area contributed by atoms with Crippen LogP contribution >= 0.6 is 44.3 Å². The molecule has 1 amide bonds. The Balaban J connectivity index is 0.00000220. The summed E-state index contributed by atoms with van der Waals surface area (Å²) < 4.78 is 1.97. The highest BCUT2D eigenvalue weighted by molar-refractivity contribution is 9.13. The zero-order chi connectivity index (χ0) is 14.9. The van der Waals surface area contributed by atoms with Gasteiger partial charge in [0, 0.05) is 20.6 Å². The topological polar surface area (TPSA) is 23.6 Å². The maximum Gasteiger partial charge on any atom is 0.231 e. The van der Waals surface area contributed by atoms with Crippen molar-refractivity contribution in [3.05, 3.63) is 27.1 Å². The highest BCUT2D eigenvalue weighted by Gasteiger charge is 2.37. The molecule has 1 aromatic carbocycles. The number of benzene rings is 1. The van der Waals surface area contributed by atoms with Crippen molar-refractivity contribution in [3.63, 3.8) is 0 Å². The number of carbonyl (C=O) groups excluding carboxylic acids is 1. The predicted octanol–water partition coefficient (Wildman–Crippen LogP) is 4.67. The molecule has 0 saturated heterocycles. The van der Waals surface area contributed by atoms with Gasteiger partial charge in [0.2, 0.25) is 5.91 Å². The van der Waals surface area contributed by atoms with Crippen LogP contribution in [0.4, 0.5) is 5.69 Å². The van der Waals surface area contributed by atoms with E-state index in [9.17, 15) is 4.79 Å². The van der Waals surface area contributed by atoms with Gasteiger partial charge < -0.3 is 0 Å². The van der Waals surface area contributed by atoms with Gasteiger partial charge in [-0.05, 0) is 83.4 Å². The lowest BCUT2D eigenvalue weighted by Gasteiger charge is -2.36. The SMILES string of the molecule is CCC(N(C)C)N(C(=O)C1CC1)c1ccc(Br)c(Br)c1.Cl. The summed E-state index contributed by atoms with van der Waals surface area (Å²) in [4.78, 5) is 16.7. The highest BCUT2D eigenvalue weighted by atomic mass is 79.9. The Morgan fingerprint density at radius 3 is 2.33 bits per heavy atom. The van der Waals surface area contributed by atoms with Gasteiger partial charge in [-0.3, -0.25) is 14.6 Å². The van der Waals surface area contributed by atoms with Gasteiger partial charge in [-0.2, -0.15) is 0 Å². The van der Waals surface area contributed by atoms with Crippen molar-refractivity contribution >= 4 is 55.9 Å². The summed E-state index contributed by atoms with van der Waals surface area (Å²) in [6.07, 6.45) is 3.05. The minimum absolute atomic E-state index is 0. The first-order chi connectivity index (χ1) is 9.45. The maximum atomic E-state index is 12.7. The molecule has 0 aliphatic heterocycles. The fraction of sp³-hybridized carbons (Fsp3) is 0.533. The number of carbonyl (C=O) groups is 1. The third-order valence-electron chi connectivity index (χ3n) is 3.60. The second kappa shape index (κ2) is 7.95. The van der Waals surface area contributed by atoms with Crippen LogP contribution in [0.1, 0.15) is 26.2 Å². The van der Waals surface area contributed by atoms with Crippen molar-refractivity contribution in [2.75, 3.05) is 19.0 Å². The van der Waals surface area contributed by atoms with E-state index >= 15 is 0 Å². The molecule has 0 bridgehead atoms. The monoisotopic (exact) mass is 438 g/mol. The lowest BCUT2D eigenvalue weighted by molar-refractivity contribution is -0.121. The number of rotatable bonds is 5. The van der Waals surface area contributed by atoms with Gasteiger partial charge in [0.05, 0.1) is 6.17 Å². The molecule has 1 aliphatic rings. The van der Waals surface area contributed by atoms with Gasteiger partial charge in [-0.15, -0.1) is 12.4 Å². The largest absolute Gasteiger partial charge is 0.296 e. The number of nitrogens with zero attached hydrogens (tertiary/aromatic N) is 2. The van der Waals surface area contributed by atoms with Crippen molar-refractivity contribution in [1.82, 2.24) is 4.90 Å². The summed E-state index contributed by atoms with van der Waals surface area (Å²) in [5.41, 5.74) is 0.956. The summed E-state index contributed by atoms with van der Waals surface area (Å²) in [7, 11) is 4.05. The van der Waals surface area contributed by atoms with Crippen LogP contribution < -0.4 is 4.90 Å². The van der Waals surface area contributed by atoms with Crippen LogP contribution in [0.5, 0.6) is 0 Å². The lowest BCUT2D eigenvalue weighted by Crippen LogP contribution is -2.48. The molecule has 3 nitrogen and oxygen atoms in total. The molecule has 1 atom stereocenters. The fourth-order valence-electron chi connectivity index (χ4n) is 2.39. The van der Waals surface area contributed by atoms with E-state index in [1.54, 1.807) is 0 Å². The zero-order valence-corrected chi connectivity index (χ0v) is 16.5. The molecule has 118 valence electrons. The first-order valence-electron chi connectivity index (χ1n) is 6.90. The van der Waals surface area contributed by atoms with Gasteiger partial charge in [0.1, 0.15) is 0 Å². The molecule has 6 heteroatoms. The highest BCUT2D eigenvalue weighted by Crippen LogP contribution is 2.36. The quantitative estimate of drug-likeness (QED) is 0.621. The van der Waals surface area contributed by atoms with Crippen molar-refractivity contribution in [3.8, 4) is 0 Å². The van der Waals surface area contributed by atoms with E-state index in [0.29, 0.717) is 0 Å². The molecule has 21 heavy (non-hydrogen) atoms. The van der Waals surface area contributed by atoms with E-state index in [1.165, 1.54) is 0 Å². The van der Waals surface area contributed by atoms with E-state index in [0.717, 1.165) is 33.9 Å². The van der Waals surface area contributed by atoms with Crippen molar-refractivity contribution < 1.29 is 4.79 Å². The van der Waals surface area contributed by atoms with E-state index in [2.05, 4.69) is 43.7 Å². The van der Waals surface area contributed by atoms with Crippen LogP contribution in [0.15, 0.2) is 27.1 Å². The van der Waals surface area contributed by atoms with Gasteiger partial charge in [0.25, 0.3) is 0 Å². The van der Waals surface area contributed by atoms with Crippen LogP contribution in [0, 0.1) is 5.92 Å². The fourth-order valence-corrected chi connectivity index (χ4v) is 3.00. The molecule has 1 unspecified atom stereocenters. The molecule has 1 aliphatic carbocycles. The number of halogens is 3. The average Bonchev–Trinajstić information content (AvgIpc) is 3.22. The molecule has 2 rings (SSSR count). The van der Waals surface area contributed by atoms with E-state index in [-0.39, 0.29) is 30.4 Å². The summed E-state index contributed by atoms with van der Waals surface area (Å²) in [6, 6.07) is 5.99. The Labute approximate surface area is 149 Å². The van der Waals surface area contributed by atoms with Crippen molar-refractivity contribution in [1.29, 1.82) is 0 Å². The minimum Gasteiger partial charge on any atom is -0.296 e. The standard InChI is InChI=1S/C15H20Br2N2O.ClH/c1-4-14(18(2)3)19(15(20)10-5-6-10)11-7-8-12(16)13(17)9-11;/h7-10,14H,4-6H2,1-3H3;1H. The first kappa shape index (κ1) is 18.9. The zero-order valence-electron chi connectivity index (χ0n) is 12.5. The summed E-state index contributed by atoms with van der Waals surface area (Å²) in [6.45, 7) is 2.12. The van der Waals surface area contributed by atoms with Gasteiger partial charge in [-0.1, -0.05) is 6.92 Å². The maximum absolute atomic E-state index is 12.7. The number of hydrogen-bond donors (Lipinski definition) is 0. The Hall–Kier alpha value is -0.100. The summed E-state index contributed by atoms with van der Waals surface area (Å²) in [5, 5.41) is 0. The van der Waals surface area contributed by atoms with E-state index < -0.39 is 0 Å². The van der Waals surface area contributed by atoms with Crippen molar-refractivity contribution in [2.45, 2.75) is 32.4 Å². The minimum atomic E-state index is 0. The van der Waals surface area contributed by atoms with Crippen LogP contribution in [-0.2, 0) is 4.79 Å². The molecular weight excluding hydrogens is 419 g/mol. The molecule has 0 heterocycles. The second-order valence-electron chi connectivity index (χ2n) is 5.43. The normalized spacial score (nSPS) is 15.5. The third-order valence-corrected chi connectivity index (χ3v) is 5.48. The van der Waals surface area contributed by atoms with Crippen molar-refractivity contribution in [2.24, 2.45) is 5.92 Å². The van der Waals surface area contributed by atoms with Crippen LogP contribution in [-0.4, -0.2) is 31.1 Å². The van der Waals surface area contributed by atoms with Gasteiger partial charge in [-0.25, -0.2) is 0 Å². The first-order valence-corrected chi connectivity index (χ1v) is 8.48. The van der Waals surface area contributed by atoms with Crippen LogP contribution in [0.3, 0.4) is 0 Å².